The molecular formula is C19H20N4O3. The number of amides is 2. The third kappa shape index (κ3) is 3.89. The minimum Gasteiger partial charge on any atom is -0.383 e. The van der Waals surface area contributed by atoms with Gasteiger partial charge in [-0.2, -0.15) is 4.98 Å². The molecule has 1 heterocycles. The van der Waals surface area contributed by atoms with E-state index in [1.165, 1.54) is 4.57 Å². The monoisotopic (exact) mass is 352 g/mol. The predicted octanol–water partition coefficient (Wildman–Crippen LogP) is 3.00. The van der Waals surface area contributed by atoms with E-state index in [0.29, 0.717) is 29.0 Å². The summed E-state index contributed by atoms with van der Waals surface area (Å²) < 4.78 is 6.47. The van der Waals surface area contributed by atoms with Gasteiger partial charge in [0.1, 0.15) is 5.82 Å². The van der Waals surface area contributed by atoms with Crippen LogP contribution in [0.15, 0.2) is 53.3 Å². The summed E-state index contributed by atoms with van der Waals surface area (Å²) in [5.74, 6) is 0.391. The van der Waals surface area contributed by atoms with Crippen LogP contribution in [0.1, 0.15) is 5.56 Å². The number of rotatable bonds is 5. The van der Waals surface area contributed by atoms with Crippen LogP contribution in [0, 0.1) is 6.92 Å². The van der Waals surface area contributed by atoms with E-state index in [0.717, 1.165) is 5.56 Å². The first-order valence-electron chi connectivity index (χ1n) is 8.21. The zero-order valence-corrected chi connectivity index (χ0v) is 14.7. The molecule has 134 valence electrons. The maximum absolute atomic E-state index is 12.5. The maximum Gasteiger partial charge on any atom is 0.349 e. The minimum atomic E-state index is -0.438. The number of carbonyl (C=O) groups is 1. The second-order valence-electron chi connectivity index (χ2n) is 5.85. The fourth-order valence-corrected chi connectivity index (χ4v) is 2.69. The van der Waals surface area contributed by atoms with E-state index < -0.39 is 11.7 Å². The highest BCUT2D eigenvalue weighted by atomic mass is 16.5. The van der Waals surface area contributed by atoms with Gasteiger partial charge in [0.25, 0.3) is 0 Å². The highest BCUT2D eigenvalue weighted by Gasteiger charge is 2.14. The summed E-state index contributed by atoms with van der Waals surface area (Å²) in [4.78, 5) is 28.9. The van der Waals surface area contributed by atoms with Crippen molar-refractivity contribution in [2.75, 3.05) is 24.4 Å². The molecule has 0 aliphatic rings. The summed E-state index contributed by atoms with van der Waals surface area (Å²) in [7, 11) is 1.55. The molecule has 7 heteroatoms. The predicted molar refractivity (Wildman–Crippen MR) is 102 cm³/mol. The zero-order chi connectivity index (χ0) is 18.5. The maximum atomic E-state index is 12.5. The number of urea groups is 1. The van der Waals surface area contributed by atoms with Crippen molar-refractivity contribution in [3.63, 3.8) is 0 Å². The highest BCUT2D eigenvalue weighted by molar-refractivity contribution is 6.04. The molecule has 3 aromatic rings. The molecule has 0 bridgehead atoms. The van der Waals surface area contributed by atoms with Gasteiger partial charge in [-0.25, -0.2) is 9.59 Å². The summed E-state index contributed by atoms with van der Waals surface area (Å²) in [5, 5.41) is 6.25. The van der Waals surface area contributed by atoms with Gasteiger partial charge in [-0.1, -0.05) is 24.3 Å². The molecule has 0 spiro atoms. The van der Waals surface area contributed by atoms with Gasteiger partial charge in [0, 0.05) is 18.2 Å². The standard InChI is InChI=1S/C19H20N4O3/c1-13-6-5-7-14(12-13)20-18(24)22-17-15-8-3-4-9-16(15)21-19(25)23(17)10-11-26-2/h3-9,12H,10-11H2,1-2H3,(H2,20,22,24). The normalized spacial score (nSPS) is 10.7. The van der Waals surface area contributed by atoms with Gasteiger partial charge in [0.2, 0.25) is 0 Å². The Morgan fingerprint density at radius 2 is 1.96 bits per heavy atom. The van der Waals surface area contributed by atoms with Crippen LogP contribution in [0.25, 0.3) is 10.9 Å². The molecule has 0 fully saturated rings. The molecule has 0 aliphatic carbocycles. The summed E-state index contributed by atoms with van der Waals surface area (Å²) in [5.41, 5.74) is 1.80. The molecule has 0 aliphatic heterocycles. The highest BCUT2D eigenvalue weighted by Crippen LogP contribution is 2.20. The number of ether oxygens (including phenoxy) is 1. The van der Waals surface area contributed by atoms with Crippen molar-refractivity contribution in [3.05, 3.63) is 64.6 Å². The van der Waals surface area contributed by atoms with Crippen LogP contribution in [0.2, 0.25) is 0 Å². The second-order valence-corrected chi connectivity index (χ2v) is 5.85. The number of hydrogen-bond donors (Lipinski definition) is 2. The number of nitrogens with one attached hydrogen (secondary N) is 2. The van der Waals surface area contributed by atoms with Gasteiger partial charge in [-0.3, -0.25) is 9.88 Å². The Bertz CT molecular complexity index is 997. The first kappa shape index (κ1) is 17.6. The van der Waals surface area contributed by atoms with Crippen molar-refractivity contribution in [1.29, 1.82) is 0 Å². The van der Waals surface area contributed by atoms with E-state index in [9.17, 15) is 9.59 Å². The lowest BCUT2D eigenvalue weighted by molar-refractivity contribution is 0.186. The second kappa shape index (κ2) is 7.79. The lowest BCUT2D eigenvalue weighted by Crippen LogP contribution is -2.30. The SMILES string of the molecule is COCCn1c(NC(=O)Nc2cccc(C)c2)c2ccccc2nc1=O. The number of carbonyl (C=O) groups excluding carboxylic acids is 1. The molecule has 0 saturated carbocycles. The lowest BCUT2D eigenvalue weighted by atomic mass is 10.2. The smallest absolute Gasteiger partial charge is 0.349 e. The van der Waals surface area contributed by atoms with Crippen molar-refractivity contribution in [2.45, 2.75) is 13.5 Å². The van der Waals surface area contributed by atoms with Gasteiger partial charge < -0.3 is 10.1 Å². The third-order valence-corrected chi connectivity index (χ3v) is 3.90. The number of hydrogen-bond acceptors (Lipinski definition) is 4. The molecule has 26 heavy (non-hydrogen) atoms. The fourth-order valence-electron chi connectivity index (χ4n) is 2.69. The Labute approximate surface area is 150 Å². The van der Waals surface area contributed by atoms with Crippen molar-refractivity contribution in [2.24, 2.45) is 0 Å². The molecule has 7 nitrogen and oxygen atoms in total. The summed E-state index contributed by atoms with van der Waals surface area (Å²) in [6.45, 7) is 2.56. The van der Waals surface area contributed by atoms with Crippen molar-refractivity contribution < 1.29 is 9.53 Å². The van der Waals surface area contributed by atoms with Crippen molar-refractivity contribution in [3.8, 4) is 0 Å². The molecule has 1 aromatic heterocycles. The fraction of sp³-hybridized carbons (Fsp3) is 0.211. The Morgan fingerprint density at radius 3 is 2.73 bits per heavy atom. The van der Waals surface area contributed by atoms with Crippen LogP contribution in [-0.2, 0) is 11.3 Å². The van der Waals surface area contributed by atoms with E-state index in [4.69, 9.17) is 4.74 Å². The number of benzene rings is 2. The molecule has 2 aromatic carbocycles. The molecule has 0 unspecified atom stereocenters. The Balaban J connectivity index is 1.96. The Hall–Kier alpha value is -3.19. The molecule has 3 rings (SSSR count). The summed E-state index contributed by atoms with van der Waals surface area (Å²) in [6.07, 6.45) is 0. The number of aromatic nitrogens is 2. The van der Waals surface area contributed by atoms with Gasteiger partial charge in [0.15, 0.2) is 0 Å². The third-order valence-electron chi connectivity index (χ3n) is 3.90. The zero-order valence-electron chi connectivity index (χ0n) is 14.7. The number of para-hydroxylation sites is 1. The average molecular weight is 352 g/mol. The van der Waals surface area contributed by atoms with Gasteiger partial charge in [-0.05, 0) is 36.8 Å². The van der Waals surface area contributed by atoms with Gasteiger partial charge in [-0.15, -0.1) is 0 Å². The number of aryl methyl sites for hydroxylation is 1. The van der Waals surface area contributed by atoms with Gasteiger partial charge in [0.05, 0.1) is 18.7 Å². The topological polar surface area (TPSA) is 85.2 Å². The number of methoxy groups -OCH3 is 1. The summed E-state index contributed by atoms with van der Waals surface area (Å²) in [6, 6.07) is 14.2. The molecule has 0 saturated heterocycles. The largest absolute Gasteiger partial charge is 0.383 e. The van der Waals surface area contributed by atoms with E-state index in [-0.39, 0.29) is 6.54 Å². The molecule has 2 amide bonds. The van der Waals surface area contributed by atoms with Crippen LogP contribution in [0.5, 0.6) is 0 Å². The Morgan fingerprint density at radius 1 is 1.15 bits per heavy atom. The Kier molecular flexibility index (Phi) is 5.28. The van der Waals surface area contributed by atoms with Crippen LogP contribution in [0.4, 0.5) is 16.3 Å². The summed E-state index contributed by atoms with van der Waals surface area (Å²) >= 11 is 0. The van der Waals surface area contributed by atoms with Crippen LogP contribution < -0.4 is 16.3 Å². The van der Waals surface area contributed by atoms with E-state index in [1.54, 1.807) is 25.3 Å². The van der Waals surface area contributed by atoms with E-state index in [1.807, 2.05) is 37.3 Å². The van der Waals surface area contributed by atoms with Gasteiger partial charge >= 0.3 is 11.7 Å². The minimum absolute atomic E-state index is 0.285. The first-order chi connectivity index (χ1) is 12.6. The van der Waals surface area contributed by atoms with Crippen LogP contribution in [-0.4, -0.2) is 29.3 Å². The molecule has 0 radical (unpaired) electrons. The number of anilines is 2. The van der Waals surface area contributed by atoms with Crippen LogP contribution in [0.3, 0.4) is 0 Å². The van der Waals surface area contributed by atoms with E-state index in [2.05, 4.69) is 15.6 Å². The number of nitrogens with zero attached hydrogens (tertiary/aromatic N) is 2. The first-order valence-corrected chi connectivity index (χ1v) is 8.21. The van der Waals surface area contributed by atoms with E-state index >= 15 is 0 Å². The van der Waals surface area contributed by atoms with Crippen molar-refractivity contribution in [1.82, 2.24) is 9.55 Å². The lowest BCUT2D eigenvalue weighted by Gasteiger charge is -2.16. The molecule has 0 atom stereocenters. The van der Waals surface area contributed by atoms with Crippen LogP contribution >= 0.6 is 0 Å². The quantitative estimate of drug-likeness (QED) is 0.739. The molecular weight excluding hydrogens is 332 g/mol. The molecule has 2 N–H and O–H groups in total. The number of fused-ring (bicyclic) bond motifs is 1. The van der Waals surface area contributed by atoms with Crippen molar-refractivity contribution >= 4 is 28.4 Å². The average Bonchev–Trinajstić information content (AvgIpc) is 2.61.